The van der Waals surface area contributed by atoms with Crippen molar-refractivity contribution in [2.45, 2.75) is 45.8 Å². The maximum absolute atomic E-state index is 9.36. The fourth-order valence-corrected chi connectivity index (χ4v) is 2.67. The Morgan fingerprint density at radius 2 is 2.24 bits per heavy atom. The summed E-state index contributed by atoms with van der Waals surface area (Å²) in [6.07, 6.45) is 3.45. The topological polar surface area (TPSA) is 70.5 Å². The lowest BCUT2D eigenvalue weighted by molar-refractivity contribution is -0.0106. The van der Waals surface area contributed by atoms with Crippen LogP contribution in [0.1, 0.15) is 32.8 Å². The SMILES string of the molecule is CCCc1c(NCC)ncnc1N1CC(CO)OCC1C. The summed E-state index contributed by atoms with van der Waals surface area (Å²) in [4.78, 5) is 11.1. The van der Waals surface area contributed by atoms with Crippen LogP contribution in [-0.4, -0.2) is 53.5 Å². The molecule has 118 valence electrons. The lowest BCUT2D eigenvalue weighted by Crippen LogP contribution is -2.50. The third kappa shape index (κ3) is 3.63. The number of hydrogen-bond acceptors (Lipinski definition) is 6. The number of nitrogens with one attached hydrogen (secondary N) is 1. The molecule has 2 rings (SSSR count). The predicted molar refractivity (Wildman–Crippen MR) is 83.8 cm³/mol. The van der Waals surface area contributed by atoms with Crippen LogP contribution in [0.4, 0.5) is 11.6 Å². The lowest BCUT2D eigenvalue weighted by Gasteiger charge is -2.39. The third-order valence-electron chi connectivity index (χ3n) is 3.75. The summed E-state index contributed by atoms with van der Waals surface area (Å²) < 4.78 is 5.62. The predicted octanol–water partition coefficient (Wildman–Crippen LogP) is 1.45. The van der Waals surface area contributed by atoms with Crippen molar-refractivity contribution < 1.29 is 9.84 Å². The fourth-order valence-electron chi connectivity index (χ4n) is 2.67. The summed E-state index contributed by atoms with van der Waals surface area (Å²) in [5.74, 6) is 1.89. The van der Waals surface area contributed by atoms with E-state index in [9.17, 15) is 5.11 Å². The van der Waals surface area contributed by atoms with E-state index >= 15 is 0 Å². The highest BCUT2D eigenvalue weighted by Gasteiger charge is 2.29. The van der Waals surface area contributed by atoms with Gasteiger partial charge in [0.05, 0.1) is 25.4 Å². The van der Waals surface area contributed by atoms with Crippen LogP contribution in [0.15, 0.2) is 6.33 Å². The van der Waals surface area contributed by atoms with Crippen LogP contribution in [0.3, 0.4) is 0 Å². The molecule has 2 N–H and O–H groups in total. The summed E-state index contributed by atoms with van der Waals surface area (Å²) >= 11 is 0. The molecule has 0 aromatic carbocycles. The number of aliphatic hydroxyl groups is 1. The van der Waals surface area contributed by atoms with Crippen molar-refractivity contribution in [1.82, 2.24) is 9.97 Å². The van der Waals surface area contributed by atoms with E-state index in [0.717, 1.165) is 36.6 Å². The molecule has 6 nitrogen and oxygen atoms in total. The second-order valence-electron chi connectivity index (χ2n) is 5.44. The maximum atomic E-state index is 9.36. The lowest BCUT2D eigenvalue weighted by atomic mass is 10.1. The quantitative estimate of drug-likeness (QED) is 0.827. The van der Waals surface area contributed by atoms with Gasteiger partial charge in [-0.25, -0.2) is 9.97 Å². The van der Waals surface area contributed by atoms with E-state index in [2.05, 4.69) is 41.0 Å². The van der Waals surface area contributed by atoms with Gasteiger partial charge in [-0.3, -0.25) is 0 Å². The van der Waals surface area contributed by atoms with Gasteiger partial charge in [-0.1, -0.05) is 13.3 Å². The average molecular weight is 294 g/mol. The van der Waals surface area contributed by atoms with Crippen LogP contribution in [0.5, 0.6) is 0 Å². The van der Waals surface area contributed by atoms with Crippen molar-refractivity contribution in [3.8, 4) is 0 Å². The molecular formula is C15H26N4O2. The Hall–Kier alpha value is -1.40. The van der Waals surface area contributed by atoms with Gasteiger partial charge in [-0.05, 0) is 20.3 Å². The minimum atomic E-state index is -0.145. The molecule has 1 aliphatic heterocycles. The Kier molecular flexibility index (Phi) is 5.76. The van der Waals surface area contributed by atoms with Gasteiger partial charge in [0, 0.05) is 18.7 Å². The Morgan fingerprint density at radius 1 is 1.43 bits per heavy atom. The molecule has 0 amide bonds. The van der Waals surface area contributed by atoms with Gasteiger partial charge < -0.3 is 20.1 Å². The summed E-state index contributed by atoms with van der Waals surface area (Å²) in [7, 11) is 0. The van der Waals surface area contributed by atoms with Gasteiger partial charge in [-0.2, -0.15) is 0 Å². The molecule has 0 spiro atoms. The second-order valence-corrected chi connectivity index (χ2v) is 5.44. The zero-order valence-electron chi connectivity index (χ0n) is 13.2. The van der Waals surface area contributed by atoms with Gasteiger partial charge in [0.2, 0.25) is 0 Å². The van der Waals surface area contributed by atoms with E-state index in [1.54, 1.807) is 6.33 Å². The minimum Gasteiger partial charge on any atom is -0.394 e. The molecule has 0 bridgehead atoms. The highest BCUT2D eigenvalue weighted by Crippen LogP contribution is 2.28. The van der Waals surface area contributed by atoms with Crippen molar-refractivity contribution in [3.05, 3.63) is 11.9 Å². The van der Waals surface area contributed by atoms with E-state index in [-0.39, 0.29) is 18.8 Å². The molecule has 2 unspecified atom stereocenters. The summed E-state index contributed by atoms with van der Waals surface area (Å²) in [5.41, 5.74) is 1.16. The summed E-state index contributed by atoms with van der Waals surface area (Å²) in [6.45, 7) is 8.50. The number of hydrogen-bond donors (Lipinski definition) is 2. The number of rotatable bonds is 6. The van der Waals surface area contributed by atoms with Gasteiger partial charge in [0.15, 0.2) is 0 Å². The summed E-state index contributed by atoms with van der Waals surface area (Å²) in [6, 6.07) is 0.243. The molecule has 0 aliphatic carbocycles. The van der Waals surface area contributed by atoms with Crippen LogP contribution >= 0.6 is 0 Å². The minimum absolute atomic E-state index is 0.0392. The number of nitrogens with zero attached hydrogens (tertiary/aromatic N) is 3. The van der Waals surface area contributed by atoms with Crippen molar-refractivity contribution in [2.24, 2.45) is 0 Å². The van der Waals surface area contributed by atoms with E-state index in [0.29, 0.717) is 13.2 Å². The molecule has 2 atom stereocenters. The molecule has 6 heteroatoms. The van der Waals surface area contributed by atoms with Crippen LogP contribution in [-0.2, 0) is 11.2 Å². The number of aliphatic hydroxyl groups excluding tert-OH is 1. The number of morpholine rings is 1. The molecule has 0 saturated carbocycles. The molecular weight excluding hydrogens is 268 g/mol. The third-order valence-corrected chi connectivity index (χ3v) is 3.75. The standard InChI is InChI=1S/C15H26N4O2/c1-4-6-13-14(16-5-2)17-10-18-15(13)19-7-12(8-20)21-9-11(19)3/h10-12,20H,4-9H2,1-3H3,(H,16,17,18). The number of aromatic nitrogens is 2. The van der Waals surface area contributed by atoms with Crippen LogP contribution in [0, 0.1) is 0 Å². The molecule has 1 fully saturated rings. The van der Waals surface area contributed by atoms with Gasteiger partial charge in [-0.15, -0.1) is 0 Å². The fraction of sp³-hybridized carbons (Fsp3) is 0.733. The van der Waals surface area contributed by atoms with Crippen LogP contribution in [0.25, 0.3) is 0 Å². The zero-order chi connectivity index (χ0) is 15.2. The highest BCUT2D eigenvalue weighted by atomic mass is 16.5. The van der Waals surface area contributed by atoms with Gasteiger partial charge >= 0.3 is 0 Å². The zero-order valence-corrected chi connectivity index (χ0v) is 13.2. The van der Waals surface area contributed by atoms with Gasteiger partial charge in [0.1, 0.15) is 18.0 Å². The molecule has 1 aliphatic rings. The highest BCUT2D eigenvalue weighted by molar-refractivity contribution is 5.59. The van der Waals surface area contributed by atoms with Crippen LogP contribution < -0.4 is 10.2 Å². The first kappa shape index (κ1) is 16.0. The molecule has 0 radical (unpaired) electrons. The van der Waals surface area contributed by atoms with Crippen molar-refractivity contribution in [3.63, 3.8) is 0 Å². The van der Waals surface area contributed by atoms with E-state index in [1.165, 1.54) is 0 Å². The van der Waals surface area contributed by atoms with E-state index < -0.39 is 0 Å². The number of anilines is 2. The van der Waals surface area contributed by atoms with E-state index in [4.69, 9.17) is 4.74 Å². The smallest absolute Gasteiger partial charge is 0.137 e. The molecule has 1 aromatic rings. The average Bonchev–Trinajstić information content (AvgIpc) is 2.50. The number of ether oxygens (including phenoxy) is 1. The monoisotopic (exact) mass is 294 g/mol. The first-order chi connectivity index (χ1) is 10.2. The largest absolute Gasteiger partial charge is 0.394 e. The van der Waals surface area contributed by atoms with E-state index in [1.807, 2.05) is 0 Å². The molecule has 1 saturated heterocycles. The Morgan fingerprint density at radius 3 is 2.90 bits per heavy atom. The molecule has 2 heterocycles. The normalized spacial score (nSPS) is 22.4. The van der Waals surface area contributed by atoms with Crippen molar-refractivity contribution >= 4 is 11.6 Å². The van der Waals surface area contributed by atoms with Crippen molar-refractivity contribution in [1.29, 1.82) is 0 Å². The first-order valence-corrected chi connectivity index (χ1v) is 7.78. The van der Waals surface area contributed by atoms with Crippen LogP contribution in [0.2, 0.25) is 0 Å². The summed E-state index contributed by atoms with van der Waals surface area (Å²) in [5, 5.41) is 12.7. The first-order valence-electron chi connectivity index (χ1n) is 7.78. The Labute approximate surface area is 126 Å². The second kappa shape index (κ2) is 7.56. The Balaban J connectivity index is 2.34. The Bertz CT molecular complexity index is 455. The van der Waals surface area contributed by atoms with Crippen molar-refractivity contribution in [2.75, 3.05) is 36.5 Å². The molecule has 1 aromatic heterocycles. The maximum Gasteiger partial charge on any atom is 0.137 e. The molecule has 21 heavy (non-hydrogen) atoms. The van der Waals surface area contributed by atoms with Gasteiger partial charge in [0.25, 0.3) is 0 Å².